The van der Waals surface area contributed by atoms with Crippen LogP contribution in [0.15, 0.2) is 48.2 Å². The standard InChI is InChI=1S/C21H23N3O2/c1-14-9-15(2)12-24(11-14)13-16(10-22)21(26)23-19-7-3-6-18-17(19)5-4-8-20(18)25/h3-8,13-15,25H,9,11-12H2,1-2H3,(H,23,26)/b16-13-. The van der Waals surface area contributed by atoms with E-state index < -0.39 is 5.91 Å². The molecule has 2 unspecified atom stereocenters. The smallest absolute Gasteiger partial charge is 0.267 e. The topological polar surface area (TPSA) is 76.4 Å². The van der Waals surface area contributed by atoms with Crippen molar-refractivity contribution in [2.75, 3.05) is 18.4 Å². The van der Waals surface area contributed by atoms with Crippen LogP contribution in [-0.2, 0) is 4.79 Å². The molecule has 1 saturated heterocycles. The molecule has 0 aliphatic carbocycles. The van der Waals surface area contributed by atoms with Crippen molar-refractivity contribution < 1.29 is 9.90 Å². The monoisotopic (exact) mass is 349 g/mol. The summed E-state index contributed by atoms with van der Waals surface area (Å²) in [4.78, 5) is 14.7. The summed E-state index contributed by atoms with van der Waals surface area (Å²) in [5.74, 6) is 0.804. The molecule has 1 amide bonds. The fourth-order valence-corrected chi connectivity index (χ4v) is 3.73. The number of anilines is 1. The van der Waals surface area contributed by atoms with Gasteiger partial charge >= 0.3 is 0 Å². The first-order valence-corrected chi connectivity index (χ1v) is 8.86. The van der Waals surface area contributed by atoms with Crippen LogP contribution in [0.25, 0.3) is 10.8 Å². The van der Waals surface area contributed by atoms with Crippen molar-refractivity contribution in [3.8, 4) is 11.8 Å². The highest BCUT2D eigenvalue weighted by atomic mass is 16.3. The third kappa shape index (κ3) is 3.80. The van der Waals surface area contributed by atoms with E-state index in [2.05, 4.69) is 24.1 Å². The molecule has 26 heavy (non-hydrogen) atoms. The molecule has 134 valence electrons. The molecule has 0 radical (unpaired) electrons. The van der Waals surface area contributed by atoms with Crippen molar-refractivity contribution in [2.45, 2.75) is 20.3 Å². The summed E-state index contributed by atoms with van der Waals surface area (Å²) in [6.45, 7) is 6.08. The molecule has 1 aliphatic rings. The summed E-state index contributed by atoms with van der Waals surface area (Å²) in [7, 11) is 0. The third-order valence-corrected chi connectivity index (χ3v) is 4.72. The second-order valence-electron chi connectivity index (χ2n) is 7.19. The Bertz CT molecular complexity index is 888. The van der Waals surface area contributed by atoms with Crippen LogP contribution in [-0.4, -0.2) is 29.0 Å². The van der Waals surface area contributed by atoms with Crippen molar-refractivity contribution in [3.63, 3.8) is 0 Å². The van der Waals surface area contributed by atoms with Crippen molar-refractivity contribution in [1.29, 1.82) is 5.26 Å². The Morgan fingerprint density at radius 3 is 2.54 bits per heavy atom. The van der Waals surface area contributed by atoms with E-state index in [0.29, 0.717) is 22.9 Å². The Morgan fingerprint density at radius 2 is 1.85 bits per heavy atom. The number of carbonyl (C=O) groups is 1. The highest BCUT2D eigenvalue weighted by Gasteiger charge is 2.21. The summed E-state index contributed by atoms with van der Waals surface area (Å²) in [5, 5.41) is 23.6. The van der Waals surface area contributed by atoms with E-state index >= 15 is 0 Å². The summed E-state index contributed by atoms with van der Waals surface area (Å²) in [6.07, 6.45) is 2.84. The summed E-state index contributed by atoms with van der Waals surface area (Å²) in [6, 6.07) is 12.5. The summed E-state index contributed by atoms with van der Waals surface area (Å²) in [5.41, 5.74) is 0.661. The Kier molecular flexibility index (Phi) is 5.13. The number of phenols is 1. The Labute approximate surface area is 153 Å². The van der Waals surface area contributed by atoms with Crippen molar-refractivity contribution in [1.82, 2.24) is 4.90 Å². The van der Waals surface area contributed by atoms with E-state index in [-0.39, 0.29) is 11.3 Å². The second-order valence-corrected chi connectivity index (χ2v) is 7.19. The largest absolute Gasteiger partial charge is 0.507 e. The van der Waals surface area contributed by atoms with Crippen LogP contribution in [0.5, 0.6) is 5.75 Å². The van der Waals surface area contributed by atoms with Gasteiger partial charge in [0.25, 0.3) is 5.91 Å². The number of amides is 1. The molecule has 0 bridgehead atoms. The number of nitrogens with zero attached hydrogens (tertiary/aromatic N) is 2. The normalized spacial score (nSPS) is 20.7. The highest BCUT2D eigenvalue weighted by Crippen LogP contribution is 2.30. The number of nitriles is 1. The molecule has 5 nitrogen and oxygen atoms in total. The molecule has 0 saturated carbocycles. The van der Waals surface area contributed by atoms with E-state index in [4.69, 9.17) is 0 Å². The minimum Gasteiger partial charge on any atom is -0.507 e. The van der Waals surface area contributed by atoms with Crippen LogP contribution in [0.3, 0.4) is 0 Å². The maximum absolute atomic E-state index is 12.6. The molecule has 3 rings (SSSR count). The number of aromatic hydroxyl groups is 1. The van der Waals surface area contributed by atoms with E-state index in [1.54, 1.807) is 36.5 Å². The number of rotatable bonds is 3. The number of fused-ring (bicyclic) bond motifs is 1. The zero-order chi connectivity index (χ0) is 18.7. The van der Waals surface area contributed by atoms with Crippen molar-refractivity contribution in [3.05, 3.63) is 48.2 Å². The van der Waals surface area contributed by atoms with E-state index in [0.717, 1.165) is 24.9 Å². The van der Waals surface area contributed by atoms with Crippen molar-refractivity contribution >= 4 is 22.4 Å². The lowest BCUT2D eigenvalue weighted by Crippen LogP contribution is -2.35. The molecule has 2 aromatic rings. The van der Waals surface area contributed by atoms with Crippen LogP contribution in [0.2, 0.25) is 0 Å². The maximum atomic E-state index is 12.6. The van der Waals surface area contributed by atoms with Crippen LogP contribution in [0.4, 0.5) is 5.69 Å². The number of hydrogen-bond donors (Lipinski definition) is 2. The second kappa shape index (κ2) is 7.49. The molecule has 0 spiro atoms. The molecular weight excluding hydrogens is 326 g/mol. The van der Waals surface area contributed by atoms with Crippen LogP contribution in [0.1, 0.15) is 20.3 Å². The van der Waals surface area contributed by atoms with Crippen LogP contribution in [0, 0.1) is 23.2 Å². The Morgan fingerprint density at radius 1 is 1.19 bits per heavy atom. The van der Waals surface area contributed by atoms with Gasteiger partial charge in [-0.1, -0.05) is 38.1 Å². The van der Waals surface area contributed by atoms with Gasteiger partial charge in [-0.2, -0.15) is 5.26 Å². The van der Waals surface area contributed by atoms with Gasteiger partial charge in [0.1, 0.15) is 17.4 Å². The molecule has 2 N–H and O–H groups in total. The molecule has 1 fully saturated rings. The maximum Gasteiger partial charge on any atom is 0.267 e. The Hall–Kier alpha value is -3.00. The van der Waals surface area contributed by atoms with Gasteiger partial charge < -0.3 is 15.3 Å². The van der Waals surface area contributed by atoms with Gasteiger partial charge in [0.15, 0.2) is 0 Å². The fraction of sp³-hybridized carbons (Fsp3) is 0.333. The van der Waals surface area contributed by atoms with Gasteiger partial charge in [0, 0.05) is 35.7 Å². The fourth-order valence-electron chi connectivity index (χ4n) is 3.73. The minimum atomic E-state index is -0.436. The first-order valence-electron chi connectivity index (χ1n) is 8.86. The molecule has 1 aliphatic heterocycles. The average molecular weight is 349 g/mol. The van der Waals surface area contributed by atoms with Gasteiger partial charge in [-0.3, -0.25) is 4.79 Å². The number of nitrogens with one attached hydrogen (secondary N) is 1. The molecule has 0 aromatic heterocycles. The minimum absolute atomic E-state index is 0.0865. The predicted molar refractivity (Wildman–Crippen MR) is 102 cm³/mol. The van der Waals surface area contributed by atoms with E-state index in [9.17, 15) is 15.2 Å². The van der Waals surface area contributed by atoms with Gasteiger partial charge in [0.05, 0.1) is 0 Å². The lowest BCUT2D eigenvalue weighted by atomic mass is 9.92. The summed E-state index contributed by atoms with van der Waals surface area (Å²) >= 11 is 0. The quantitative estimate of drug-likeness (QED) is 0.651. The lowest BCUT2D eigenvalue weighted by molar-refractivity contribution is -0.112. The molecule has 5 heteroatoms. The first kappa shape index (κ1) is 17.8. The van der Waals surface area contributed by atoms with Crippen LogP contribution >= 0.6 is 0 Å². The molecule has 2 atom stereocenters. The predicted octanol–water partition coefficient (Wildman–Crippen LogP) is 3.87. The van der Waals surface area contributed by atoms with Gasteiger partial charge in [0.2, 0.25) is 0 Å². The zero-order valence-electron chi connectivity index (χ0n) is 15.1. The van der Waals surface area contributed by atoms with E-state index in [1.165, 1.54) is 0 Å². The number of likely N-dealkylation sites (tertiary alicyclic amines) is 1. The van der Waals surface area contributed by atoms with Gasteiger partial charge in [-0.15, -0.1) is 0 Å². The third-order valence-electron chi connectivity index (χ3n) is 4.72. The van der Waals surface area contributed by atoms with Crippen LogP contribution < -0.4 is 5.32 Å². The number of hydrogen-bond acceptors (Lipinski definition) is 4. The Balaban J connectivity index is 1.84. The molecular formula is C21H23N3O2. The number of benzene rings is 2. The van der Waals surface area contributed by atoms with Gasteiger partial charge in [-0.25, -0.2) is 0 Å². The first-order chi connectivity index (χ1) is 12.5. The number of phenolic OH excluding ortho intramolecular Hbond substituents is 1. The lowest BCUT2D eigenvalue weighted by Gasteiger charge is -2.34. The SMILES string of the molecule is CC1CC(C)CN(/C=C(/C#N)C(=O)Nc2cccc3c(O)cccc23)C1. The highest BCUT2D eigenvalue weighted by molar-refractivity contribution is 6.11. The van der Waals surface area contributed by atoms with Crippen molar-refractivity contribution in [2.24, 2.45) is 11.8 Å². The van der Waals surface area contributed by atoms with Gasteiger partial charge in [-0.05, 0) is 30.4 Å². The van der Waals surface area contributed by atoms with E-state index in [1.807, 2.05) is 12.1 Å². The average Bonchev–Trinajstić information content (AvgIpc) is 2.59. The number of carbonyl (C=O) groups excluding carboxylic acids is 1. The zero-order valence-corrected chi connectivity index (χ0v) is 15.1. The molecule has 1 heterocycles. The molecule has 2 aromatic carbocycles. The summed E-state index contributed by atoms with van der Waals surface area (Å²) < 4.78 is 0. The number of piperidine rings is 1.